The Balaban J connectivity index is 1.72. The zero-order valence-electron chi connectivity index (χ0n) is 15.2. The summed E-state index contributed by atoms with van der Waals surface area (Å²) in [6.45, 7) is 6.09. The summed E-state index contributed by atoms with van der Waals surface area (Å²) in [6.07, 6.45) is 4.43. The molecule has 1 aliphatic heterocycles. The van der Waals surface area contributed by atoms with Crippen LogP contribution in [0.5, 0.6) is 11.8 Å². The number of fused-ring (bicyclic) bond motifs is 1. The van der Waals surface area contributed by atoms with E-state index in [9.17, 15) is 4.79 Å². The van der Waals surface area contributed by atoms with Gasteiger partial charge >= 0.3 is 12.0 Å². The molecule has 7 nitrogen and oxygen atoms in total. The summed E-state index contributed by atoms with van der Waals surface area (Å²) in [4.78, 5) is 19.5. The van der Waals surface area contributed by atoms with E-state index in [-0.39, 0.29) is 18.7 Å². The van der Waals surface area contributed by atoms with Crippen molar-refractivity contribution >= 4 is 11.7 Å². The normalized spacial score (nSPS) is 16.2. The lowest BCUT2D eigenvalue weighted by molar-refractivity contribution is -0.148. The van der Waals surface area contributed by atoms with E-state index in [0.717, 1.165) is 35.5 Å². The minimum Gasteiger partial charge on any atom is -0.486 e. The molecular formula is C19H23N3O4. The van der Waals surface area contributed by atoms with Gasteiger partial charge in [-0.15, -0.1) is 0 Å². The number of nitrogens with zero attached hydrogens (tertiary/aromatic N) is 2. The number of carbonyl (C=O) groups is 1. The van der Waals surface area contributed by atoms with E-state index >= 15 is 0 Å². The average Bonchev–Trinajstić information content (AvgIpc) is 2.65. The quantitative estimate of drug-likeness (QED) is 0.820. The highest BCUT2D eigenvalue weighted by Gasteiger charge is 2.28. The van der Waals surface area contributed by atoms with Crippen LogP contribution in [0.15, 0.2) is 30.6 Å². The Morgan fingerprint density at radius 1 is 1.35 bits per heavy atom. The second-order valence-electron chi connectivity index (χ2n) is 6.97. The van der Waals surface area contributed by atoms with Crippen LogP contribution in [0.4, 0.5) is 5.69 Å². The number of ether oxygens (including phenoxy) is 2. The Morgan fingerprint density at radius 3 is 2.73 bits per heavy atom. The van der Waals surface area contributed by atoms with Crippen LogP contribution in [-0.2, 0) is 4.79 Å². The van der Waals surface area contributed by atoms with E-state index in [1.165, 1.54) is 0 Å². The van der Waals surface area contributed by atoms with Crippen molar-refractivity contribution in [3.63, 3.8) is 0 Å². The Morgan fingerprint density at radius 2 is 2.08 bits per heavy atom. The molecule has 0 fully saturated rings. The predicted octanol–water partition coefficient (Wildman–Crippen LogP) is 3.22. The summed E-state index contributed by atoms with van der Waals surface area (Å²) in [5.74, 6) is -0.105. The lowest BCUT2D eigenvalue weighted by Crippen LogP contribution is -2.31. The van der Waals surface area contributed by atoms with Gasteiger partial charge in [-0.1, -0.05) is 13.0 Å². The highest BCUT2D eigenvalue weighted by atomic mass is 16.5. The third kappa shape index (κ3) is 3.87. The van der Waals surface area contributed by atoms with Gasteiger partial charge in [-0.25, -0.2) is 9.97 Å². The first-order valence-corrected chi connectivity index (χ1v) is 8.62. The summed E-state index contributed by atoms with van der Waals surface area (Å²) in [7, 11) is 0. The first-order valence-electron chi connectivity index (χ1n) is 8.62. The number of benzene rings is 1. The molecule has 138 valence electrons. The average molecular weight is 357 g/mol. The van der Waals surface area contributed by atoms with E-state index in [4.69, 9.17) is 14.6 Å². The van der Waals surface area contributed by atoms with Crippen molar-refractivity contribution in [2.45, 2.75) is 33.3 Å². The highest BCUT2D eigenvalue weighted by Crippen LogP contribution is 2.34. The van der Waals surface area contributed by atoms with E-state index in [2.05, 4.69) is 22.2 Å². The van der Waals surface area contributed by atoms with E-state index in [1.807, 2.05) is 18.2 Å². The van der Waals surface area contributed by atoms with Gasteiger partial charge in [0.2, 0.25) is 0 Å². The van der Waals surface area contributed by atoms with Gasteiger partial charge in [0, 0.05) is 18.0 Å². The Bertz CT molecular complexity index is 790. The first-order chi connectivity index (χ1) is 12.4. The molecule has 0 aliphatic carbocycles. The topological polar surface area (TPSA) is 93.6 Å². The molecule has 0 spiro atoms. The van der Waals surface area contributed by atoms with Crippen LogP contribution in [-0.4, -0.2) is 40.3 Å². The van der Waals surface area contributed by atoms with Crippen LogP contribution in [0.25, 0.3) is 11.1 Å². The monoisotopic (exact) mass is 357 g/mol. The predicted molar refractivity (Wildman–Crippen MR) is 97.6 cm³/mol. The fraction of sp³-hybridized carbons (Fsp3) is 0.421. The second kappa shape index (κ2) is 7.19. The molecule has 3 rings (SSSR count). The third-order valence-electron chi connectivity index (χ3n) is 4.35. The molecule has 2 N–H and O–H groups in total. The molecule has 1 aliphatic rings. The molecule has 26 heavy (non-hydrogen) atoms. The van der Waals surface area contributed by atoms with Gasteiger partial charge in [-0.05, 0) is 38.0 Å². The molecule has 1 atom stereocenters. The maximum absolute atomic E-state index is 11.1. The fourth-order valence-corrected chi connectivity index (χ4v) is 2.46. The van der Waals surface area contributed by atoms with Crippen molar-refractivity contribution in [2.24, 2.45) is 5.41 Å². The second-order valence-corrected chi connectivity index (χ2v) is 6.97. The van der Waals surface area contributed by atoms with Crippen molar-refractivity contribution in [2.75, 3.05) is 18.5 Å². The molecule has 1 aromatic heterocycles. The van der Waals surface area contributed by atoms with Crippen LogP contribution in [0.2, 0.25) is 0 Å². The Hall–Kier alpha value is -2.83. The summed E-state index contributed by atoms with van der Waals surface area (Å²) < 4.78 is 11.4. The maximum atomic E-state index is 11.1. The molecule has 2 aromatic rings. The van der Waals surface area contributed by atoms with Crippen LogP contribution in [0.3, 0.4) is 0 Å². The summed E-state index contributed by atoms with van der Waals surface area (Å²) in [6, 6.07) is 6.09. The van der Waals surface area contributed by atoms with Crippen molar-refractivity contribution < 1.29 is 19.4 Å². The molecule has 0 saturated heterocycles. The number of carboxylic acid groups (broad SMARTS) is 1. The number of nitrogens with one attached hydrogen (secondary N) is 1. The zero-order valence-corrected chi connectivity index (χ0v) is 15.2. The largest absolute Gasteiger partial charge is 0.486 e. The van der Waals surface area contributed by atoms with Gasteiger partial charge in [0.25, 0.3) is 0 Å². The van der Waals surface area contributed by atoms with Crippen molar-refractivity contribution in [3.05, 3.63) is 30.6 Å². The van der Waals surface area contributed by atoms with Gasteiger partial charge < -0.3 is 19.9 Å². The first kappa shape index (κ1) is 18.0. The summed E-state index contributed by atoms with van der Waals surface area (Å²) >= 11 is 0. The lowest BCUT2D eigenvalue weighted by atomic mass is 9.95. The number of hydrogen-bond donors (Lipinski definition) is 2. The molecule has 7 heteroatoms. The van der Waals surface area contributed by atoms with E-state index < -0.39 is 11.4 Å². The number of rotatable bonds is 6. The molecule has 0 radical (unpaired) electrons. The fourth-order valence-electron chi connectivity index (χ4n) is 2.46. The molecule has 1 aromatic carbocycles. The van der Waals surface area contributed by atoms with Crippen LogP contribution < -0.4 is 14.8 Å². The molecule has 0 amide bonds. The van der Waals surface area contributed by atoms with E-state index in [1.54, 1.807) is 26.2 Å². The van der Waals surface area contributed by atoms with Crippen molar-refractivity contribution in [1.82, 2.24) is 9.97 Å². The zero-order chi connectivity index (χ0) is 18.7. The molecule has 2 heterocycles. The number of aliphatic carboxylic acids is 1. The lowest BCUT2D eigenvalue weighted by Gasteiger charge is -2.27. The number of anilines is 1. The van der Waals surface area contributed by atoms with Gasteiger partial charge in [-0.2, -0.15) is 0 Å². The number of carboxylic acids is 1. The van der Waals surface area contributed by atoms with Crippen molar-refractivity contribution in [1.29, 1.82) is 0 Å². The minimum atomic E-state index is -0.999. The molecule has 0 bridgehead atoms. The van der Waals surface area contributed by atoms with Gasteiger partial charge in [0.1, 0.15) is 18.5 Å². The Labute approximate surface area is 152 Å². The molecule has 1 unspecified atom stereocenters. The smallest absolute Gasteiger partial charge is 0.316 e. The van der Waals surface area contributed by atoms with E-state index in [0.29, 0.717) is 0 Å². The van der Waals surface area contributed by atoms with Crippen LogP contribution in [0, 0.1) is 5.41 Å². The molecular weight excluding hydrogens is 334 g/mol. The molecule has 0 saturated carbocycles. The maximum Gasteiger partial charge on any atom is 0.316 e. The SMILES string of the molecule is CCC1CNc2ccc(-c3cnc(OCC(C)(C)C(=O)O)nc3)cc2O1. The van der Waals surface area contributed by atoms with Crippen LogP contribution >= 0.6 is 0 Å². The Kier molecular flexibility index (Phi) is 4.97. The third-order valence-corrected chi connectivity index (χ3v) is 4.35. The summed E-state index contributed by atoms with van der Waals surface area (Å²) in [5.41, 5.74) is 1.76. The number of aromatic nitrogens is 2. The van der Waals surface area contributed by atoms with Gasteiger partial charge in [0.15, 0.2) is 0 Å². The van der Waals surface area contributed by atoms with Crippen LogP contribution in [0.1, 0.15) is 27.2 Å². The van der Waals surface area contributed by atoms with Gasteiger partial charge in [0.05, 0.1) is 17.6 Å². The number of hydrogen-bond acceptors (Lipinski definition) is 6. The summed E-state index contributed by atoms with van der Waals surface area (Å²) in [5, 5.41) is 12.5. The standard InChI is InChI=1S/C19H23N3O4/c1-4-14-10-20-15-6-5-12(7-16(15)26-14)13-8-21-18(22-9-13)25-11-19(2,3)17(23)24/h5-9,14,20H,4,10-11H2,1-3H3,(H,23,24). The van der Waals surface area contributed by atoms with Crippen molar-refractivity contribution in [3.8, 4) is 22.9 Å². The van der Waals surface area contributed by atoms with Gasteiger partial charge in [-0.3, -0.25) is 4.79 Å². The highest BCUT2D eigenvalue weighted by molar-refractivity contribution is 5.73. The minimum absolute atomic E-state index is 0.00155.